The van der Waals surface area contributed by atoms with Crippen molar-refractivity contribution in [3.8, 4) is 5.69 Å². The molecule has 4 heteroatoms. The van der Waals surface area contributed by atoms with Gasteiger partial charge in [-0.3, -0.25) is 4.57 Å². The predicted molar refractivity (Wildman–Crippen MR) is 220 cm³/mol. The van der Waals surface area contributed by atoms with Crippen LogP contribution in [-0.2, 0) is 6.42 Å². The van der Waals surface area contributed by atoms with Crippen molar-refractivity contribution >= 4 is 87.8 Å². The second-order valence-electron chi connectivity index (χ2n) is 14.3. The first-order chi connectivity index (χ1) is 26.3. The molecule has 11 aromatic rings. The van der Waals surface area contributed by atoms with Crippen LogP contribution in [0.15, 0.2) is 179 Å². The van der Waals surface area contributed by atoms with Gasteiger partial charge in [-0.2, -0.15) is 0 Å². The van der Waals surface area contributed by atoms with E-state index >= 15 is 0 Å². The molecule has 4 heterocycles. The average Bonchev–Trinajstić information content (AvgIpc) is 3.88. The van der Waals surface area contributed by atoms with E-state index in [1.54, 1.807) is 0 Å². The Morgan fingerprint density at radius 1 is 0.491 bits per heavy atom. The molecule has 3 aromatic heterocycles. The third kappa shape index (κ3) is 4.03. The molecule has 4 nitrogen and oxygen atoms in total. The first-order valence-corrected chi connectivity index (χ1v) is 18.3. The SMILES string of the molecule is c1ccc2c(c1)C[C@H](c1cccc3c1oc1ccccc13)C(n1c3ccc(-n4c5ccccc5c5ccccc54)cc3c3c4ccccc4ccc31)=N2. The summed E-state index contributed by atoms with van der Waals surface area (Å²) in [5.74, 6) is 0.966. The number of hydrogen-bond donors (Lipinski definition) is 0. The van der Waals surface area contributed by atoms with E-state index < -0.39 is 0 Å². The summed E-state index contributed by atoms with van der Waals surface area (Å²) in [5.41, 5.74) is 11.1. The highest BCUT2D eigenvalue weighted by Gasteiger charge is 2.31. The second kappa shape index (κ2) is 10.8. The van der Waals surface area contributed by atoms with Gasteiger partial charge in [0.05, 0.1) is 33.7 Å². The number of aromatic nitrogens is 2. The van der Waals surface area contributed by atoms with Crippen molar-refractivity contribution in [2.75, 3.05) is 0 Å². The summed E-state index contributed by atoms with van der Waals surface area (Å²) in [6.45, 7) is 0. The van der Waals surface area contributed by atoms with E-state index in [-0.39, 0.29) is 5.92 Å². The summed E-state index contributed by atoms with van der Waals surface area (Å²) in [7, 11) is 0. The van der Waals surface area contributed by atoms with E-state index in [1.165, 1.54) is 48.9 Å². The number of hydrogen-bond acceptors (Lipinski definition) is 2. The summed E-state index contributed by atoms with van der Waals surface area (Å²) in [6.07, 6.45) is 0.819. The third-order valence-corrected chi connectivity index (χ3v) is 11.5. The van der Waals surface area contributed by atoms with Gasteiger partial charge in [-0.25, -0.2) is 4.99 Å². The minimum absolute atomic E-state index is 0.0450. The van der Waals surface area contributed by atoms with Gasteiger partial charge >= 0.3 is 0 Å². The highest BCUT2D eigenvalue weighted by molar-refractivity contribution is 6.25. The topological polar surface area (TPSA) is 35.4 Å². The normalized spacial score (nSPS) is 14.6. The Labute approximate surface area is 304 Å². The summed E-state index contributed by atoms with van der Waals surface area (Å²) < 4.78 is 11.5. The molecule has 0 saturated carbocycles. The van der Waals surface area contributed by atoms with E-state index in [9.17, 15) is 0 Å². The van der Waals surface area contributed by atoms with Gasteiger partial charge in [0.2, 0.25) is 0 Å². The van der Waals surface area contributed by atoms with Gasteiger partial charge in [0.25, 0.3) is 0 Å². The maximum atomic E-state index is 6.68. The molecule has 0 bridgehead atoms. The molecule has 8 aromatic carbocycles. The Hall–Kier alpha value is -6.91. The quantitative estimate of drug-likeness (QED) is 0.179. The smallest absolute Gasteiger partial charge is 0.139 e. The monoisotopic (exact) mass is 677 g/mol. The fourth-order valence-electron chi connectivity index (χ4n) is 9.17. The summed E-state index contributed by atoms with van der Waals surface area (Å²) in [4.78, 5) is 5.57. The Balaban J connectivity index is 1.18. The lowest BCUT2D eigenvalue weighted by Crippen LogP contribution is -2.25. The molecule has 12 rings (SSSR count). The van der Waals surface area contributed by atoms with Crippen molar-refractivity contribution in [3.63, 3.8) is 0 Å². The number of fused-ring (bicyclic) bond motifs is 12. The lowest BCUT2D eigenvalue weighted by molar-refractivity contribution is 0.657. The second-order valence-corrected chi connectivity index (χ2v) is 14.3. The van der Waals surface area contributed by atoms with E-state index in [4.69, 9.17) is 9.41 Å². The minimum Gasteiger partial charge on any atom is -0.456 e. The third-order valence-electron chi connectivity index (χ3n) is 11.5. The van der Waals surface area contributed by atoms with E-state index in [0.29, 0.717) is 0 Å². The lowest BCUT2D eigenvalue weighted by atomic mass is 9.86. The van der Waals surface area contributed by atoms with Crippen LogP contribution in [0.25, 0.3) is 82.0 Å². The number of nitrogens with zero attached hydrogens (tertiary/aromatic N) is 3. The van der Waals surface area contributed by atoms with E-state index in [2.05, 4.69) is 173 Å². The Morgan fingerprint density at radius 2 is 1.15 bits per heavy atom. The molecule has 0 amide bonds. The maximum absolute atomic E-state index is 6.68. The van der Waals surface area contributed by atoms with Gasteiger partial charge in [-0.05, 0) is 71.3 Å². The van der Waals surface area contributed by atoms with Gasteiger partial charge in [0.1, 0.15) is 17.0 Å². The number of aliphatic imine (C=N–C) groups is 1. The van der Waals surface area contributed by atoms with Gasteiger partial charge in [-0.1, -0.05) is 121 Å². The van der Waals surface area contributed by atoms with Gasteiger partial charge in [-0.15, -0.1) is 0 Å². The van der Waals surface area contributed by atoms with Crippen molar-refractivity contribution in [2.24, 2.45) is 4.99 Å². The molecule has 0 spiro atoms. The molecular formula is C49H31N3O. The molecule has 53 heavy (non-hydrogen) atoms. The fraction of sp³-hybridized carbons (Fsp3) is 0.0408. The summed E-state index contributed by atoms with van der Waals surface area (Å²) >= 11 is 0. The molecule has 0 N–H and O–H groups in total. The predicted octanol–water partition coefficient (Wildman–Crippen LogP) is 12.9. The zero-order valence-corrected chi connectivity index (χ0v) is 28.7. The zero-order chi connectivity index (χ0) is 34.6. The number of rotatable bonds is 2. The zero-order valence-electron chi connectivity index (χ0n) is 28.7. The van der Waals surface area contributed by atoms with Crippen molar-refractivity contribution < 1.29 is 4.42 Å². The molecule has 0 saturated heterocycles. The lowest BCUT2D eigenvalue weighted by Gasteiger charge is -2.27. The summed E-state index contributed by atoms with van der Waals surface area (Å²) in [5, 5.41) is 9.70. The Bertz CT molecular complexity index is 3280. The van der Waals surface area contributed by atoms with E-state index in [1.807, 2.05) is 6.07 Å². The highest BCUT2D eigenvalue weighted by Crippen LogP contribution is 2.44. The molecule has 1 atom stereocenters. The molecule has 0 fully saturated rings. The van der Waals surface area contributed by atoms with Crippen molar-refractivity contribution in [1.29, 1.82) is 0 Å². The molecule has 1 aliphatic rings. The first kappa shape index (κ1) is 28.8. The maximum Gasteiger partial charge on any atom is 0.139 e. The Kier molecular flexibility index (Phi) is 5.86. The van der Waals surface area contributed by atoms with Crippen molar-refractivity contribution in [2.45, 2.75) is 12.3 Å². The van der Waals surface area contributed by atoms with Crippen molar-refractivity contribution in [1.82, 2.24) is 9.13 Å². The van der Waals surface area contributed by atoms with Crippen LogP contribution < -0.4 is 0 Å². The molecule has 248 valence electrons. The molecule has 0 radical (unpaired) electrons. The first-order valence-electron chi connectivity index (χ1n) is 18.3. The minimum atomic E-state index is -0.0450. The molecule has 0 unspecified atom stereocenters. The van der Waals surface area contributed by atoms with Crippen LogP contribution >= 0.6 is 0 Å². The van der Waals surface area contributed by atoms with Crippen LogP contribution in [0.2, 0.25) is 0 Å². The molecular weight excluding hydrogens is 647 g/mol. The van der Waals surface area contributed by atoms with Crippen LogP contribution in [0, 0.1) is 0 Å². The molecule has 0 aliphatic carbocycles. The van der Waals surface area contributed by atoms with Crippen LogP contribution in [0.3, 0.4) is 0 Å². The fourth-order valence-corrected chi connectivity index (χ4v) is 9.17. The van der Waals surface area contributed by atoms with Crippen LogP contribution in [-0.4, -0.2) is 15.0 Å². The van der Waals surface area contributed by atoms with Gasteiger partial charge in [0.15, 0.2) is 0 Å². The van der Waals surface area contributed by atoms with E-state index in [0.717, 1.165) is 62.2 Å². The van der Waals surface area contributed by atoms with Crippen LogP contribution in [0.5, 0.6) is 0 Å². The largest absolute Gasteiger partial charge is 0.456 e. The number of benzene rings is 8. The summed E-state index contributed by atoms with van der Waals surface area (Å²) in [6, 6.07) is 61.3. The van der Waals surface area contributed by atoms with Gasteiger partial charge in [0, 0.05) is 43.6 Å². The standard InChI is InChI=1S/C49H31N3O/c1-3-14-33-30(12-1)24-26-45-47(33)40-29-32(51-42-21-8-4-15-34(42)35-16-5-9-22-43(35)51)25-27-44(40)52(45)49-39(28-31-13-2-7-20-41(31)50-49)38-19-11-18-37-36-17-6-10-23-46(36)53-48(37)38/h1-27,29,39H,28H2/t39-/m1/s1. The van der Waals surface area contributed by atoms with Crippen molar-refractivity contribution in [3.05, 3.63) is 181 Å². The highest BCUT2D eigenvalue weighted by atomic mass is 16.3. The number of para-hydroxylation sites is 5. The van der Waals surface area contributed by atoms with Crippen LogP contribution in [0.4, 0.5) is 5.69 Å². The van der Waals surface area contributed by atoms with Gasteiger partial charge < -0.3 is 8.98 Å². The average molecular weight is 678 g/mol. The molecule has 1 aliphatic heterocycles. The Morgan fingerprint density at radius 3 is 2.00 bits per heavy atom. The number of furan rings is 1. The van der Waals surface area contributed by atoms with Crippen LogP contribution in [0.1, 0.15) is 17.0 Å².